The van der Waals surface area contributed by atoms with Gasteiger partial charge in [0.15, 0.2) is 0 Å². The van der Waals surface area contributed by atoms with Crippen molar-refractivity contribution in [2.24, 2.45) is 0 Å². The summed E-state index contributed by atoms with van der Waals surface area (Å²) in [6.45, 7) is 1.34. The number of aliphatic hydroxyl groups is 1. The topological polar surface area (TPSA) is 52.6 Å². The number of anilines is 1. The Morgan fingerprint density at radius 3 is 2.52 bits per heavy atom. The lowest BCUT2D eigenvalue weighted by Gasteiger charge is -2.31. The molecule has 0 atom stereocenters. The van der Waals surface area contributed by atoms with Gasteiger partial charge in [0.05, 0.1) is 17.4 Å². The maximum atomic E-state index is 14.4. The quantitative estimate of drug-likeness (QED) is 0.895. The maximum absolute atomic E-state index is 14.4. The molecule has 1 aliphatic rings. The number of halogens is 2. The third kappa shape index (κ3) is 4.14. The van der Waals surface area contributed by atoms with Crippen molar-refractivity contribution in [1.82, 2.24) is 5.32 Å². The zero-order valence-electron chi connectivity index (χ0n) is 13.7. The molecule has 6 heteroatoms. The van der Waals surface area contributed by atoms with Crippen LogP contribution < -0.4 is 10.2 Å². The first-order valence-corrected chi connectivity index (χ1v) is 8.29. The van der Waals surface area contributed by atoms with Gasteiger partial charge in [-0.15, -0.1) is 0 Å². The van der Waals surface area contributed by atoms with Crippen LogP contribution in [0, 0.1) is 11.6 Å². The summed E-state index contributed by atoms with van der Waals surface area (Å²) in [5.41, 5.74) is 1.06. The number of carbonyl (C=O) groups is 1. The summed E-state index contributed by atoms with van der Waals surface area (Å²) in [5, 5.41) is 12.1. The van der Waals surface area contributed by atoms with E-state index < -0.39 is 11.7 Å². The van der Waals surface area contributed by atoms with E-state index >= 15 is 0 Å². The zero-order chi connectivity index (χ0) is 17.8. The highest BCUT2D eigenvalue weighted by atomic mass is 19.1. The molecule has 25 heavy (non-hydrogen) atoms. The van der Waals surface area contributed by atoms with E-state index in [1.165, 1.54) is 24.3 Å². The molecule has 1 heterocycles. The number of aliphatic hydroxyl groups excluding tert-OH is 1. The predicted octanol–water partition coefficient (Wildman–Crippen LogP) is 2.86. The van der Waals surface area contributed by atoms with E-state index in [1.54, 1.807) is 18.2 Å². The third-order valence-electron chi connectivity index (χ3n) is 4.39. The second-order valence-corrected chi connectivity index (χ2v) is 6.17. The Morgan fingerprint density at radius 1 is 1.12 bits per heavy atom. The van der Waals surface area contributed by atoms with Crippen LogP contribution in [0.1, 0.15) is 28.8 Å². The number of benzene rings is 2. The van der Waals surface area contributed by atoms with E-state index in [0.29, 0.717) is 37.2 Å². The highest BCUT2D eigenvalue weighted by Crippen LogP contribution is 2.24. The number of rotatable bonds is 4. The first-order chi connectivity index (χ1) is 12.0. The smallest absolute Gasteiger partial charge is 0.254 e. The van der Waals surface area contributed by atoms with Gasteiger partial charge in [-0.05, 0) is 42.7 Å². The van der Waals surface area contributed by atoms with Gasteiger partial charge in [-0.2, -0.15) is 0 Å². The number of hydrogen-bond donors (Lipinski definition) is 2. The second kappa shape index (κ2) is 7.61. The fourth-order valence-electron chi connectivity index (χ4n) is 2.95. The minimum atomic E-state index is -0.589. The monoisotopic (exact) mass is 346 g/mol. The van der Waals surface area contributed by atoms with Crippen LogP contribution in [0.3, 0.4) is 0 Å². The van der Waals surface area contributed by atoms with Gasteiger partial charge in [0.2, 0.25) is 0 Å². The molecule has 2 aromatic rings. The molecule has 0 aliphatic carbocycles. The molecule has 2 aromatic carbocycles. The van der Waals surface area contributed by atoms with E-state index in [9.17, 15) is 18.7 Å². The molecular weight excluding hydrogens is 326 g/mol. The van der Waals surface area contributed by atoms with Crippen LogP contribution in [0.15, 0.2) is 42.5 Å². The van der Waals surface area contributed by atoms with Crippen molar-refractivity contribution >= 4 is 11.6 Å². The van der Waals surface area contributed by atoms with Crippen molar-refractivity contribution in [3.05, 3.63) is 65.2 Å². The van der Waals surface area contributed by atoms with E-state index in [1.807, 2.05) is 4.90 Å². The fraction of sp³-hybridized carbons (Fsp3) is 0.316. The zero-order valence-corrected chi connectivity index (χ0v) is 13.7. The Morgan fingerprint density at radius 2 is 1.84 bits per heavy atom. The average Bonchev–Trinajstić information content (AvgIpc) is 2.61. The summed E-state index contributed by atoms with van der Waals surface area (Å²) in [6.07, 6.45) is 0.937. The Labute approximate surface area is 145 Å². The Bertz CT molecular complexity index is 759. The average molecular weight is 346 g/mol. The van der Waals surface area contributed by atoms with Crippen molar-refractivity contribution in [3.8, 4) is 0 Å². The molecule has 0 spiro atoms. The summed E-state index contributed by atoms with van der Waals surface area (Å²) in [7, 11) is 0. The molecule has 0 radical (unpaired) electrons. The molecule has 0 bridgehead atoms. The van der Waals surface area contributed by atoms with Crippen molar-refractivity contribution in [1.29, 1.82) is 0 Å². The van der Waals surface area contributed by atoms with Crippen molar-refractivity contribution < 1.29 is 18.7 Å². The van der Waals surface area contributed by atoms with Gasteiger partial charge in [-0.3, -0.25) is 4.79 Å². The molecule has 1 saturated heterocycles. The van der Waals surface area contributed by atoms with Crippen LogP contribution in [-0.2, 0) is 6.54 Å². The number of nitrogens with zero attached hydrogens (tertiary/aromatic N) is 1. The molecule has 1 amide bonds. The van der Waals surface area contributed by atoms with Gasteiger partial charge < -0.3 is 15.3 Å². The number of hydrogen-bond acceptors (Lipinski definition) is 3. The molecule has 2 N–H and O–H groups in total. The molecule has 1 aliphatic heterocycles. The minimum absolute atomic E-state index is 0.0357. The summed E-state index contributed by atoms with van der Waals surface area (Å²) < 4.78 is 27.9. The van der Waals surface area contributed by atoms with Crippen LogP contribution in [0.4, 0.5) is 14.5 Å². The summed E-state index contributed by atoms with van der Waals surface area (Å²) in [6, 6.07) is 10.5. The molecule has 132 valence electrons. The number of carbonyl (C=O) groups excluding carboxylic acids is 1. The number of piperidine rings is 1. The molecular formula is C19H20F2N2O2. The van der Waals surface area contributed by atoms with E-state index in [0.717, 1.165) is 0 Å². The van der Waals surface area contributed by atoms with Crippen molar-refractivity contribution in [2.45, 2.75) is 25.5 Å². The number of nitrogens with one attached hydrogen (secondary N) is 1. The van der Waals surface area contributed by atoms with Crippen molar-refractivity contribution in [3.63, 3.8) is 0 Å². The Hall–Kier alpha value is -2.47. The van der Waals surface area contributed by atoms with Gasteiger partial charge in [0.1, 0.15) is 11.6 Å². The predicted molar refractivity (Wildman–Crippen MR) is 91.4 cm³/mol. The van der Waals surface area contributed by atoms with Gasteiger partial charge in [0.25, 0.3) is 5.91 Å². The molecule has 0 saturated carbocycles. The third-order valence-corrected chi connectivity index (χ3v) is 4.39. The van der Waals surface area contributed by atoms with E-state index in [4.69, 9.17) is 0 Å². The lowest BCUT2D eigenvalue weighted by atomic mass is 10.1. The Kier molecular flexibility index (Phi) is 5.28. The normalized spacial score (nSPS) is 15.2. The van der Waals surface area contributed by atoms with Gasteiger partial charge >= 0.3 is 0 Å². The largest absolute Gasteiger partial charge is 0.393 e. The summed E-state index contributed by atoms with van der Waals surface area (Å²) in [5.74, 6) is -1.49. The summed E-state index contributed by atoms with van der Waals surface area (Å²) in [4.78, 5) is 13.9. The van der Waals surface area contributed by atoms with Gasteiger partial charge in [-0.25, -0.2) is 8.78 Å². The SMILES string of the molecule is O=C(NCc1ccc(N2CCC(O)CC2)c(F)c1)c1ccccc1F. The lowest BCUT2D eigenvalue weighted by Crippen LogP contribution is -2.36. The Balaban J connectivity index is 1.63. The van der Waals surface area contributed by atoms with Gasteiger partial charge in [-0.1, -0.05) is 18.2 Å². The fourth-order valence-corrected chi connectivity index (χ4v) is 2.95. The minimum Gasteiger partial charge on any atom is -0.393 e. The standard InChI is InChI=1S/C19H20F2N2O2/c20-16-4-2-1-3-15(16)19(25)22-12-13-5-6-18(17(21)11-13)23-9-7-14(24)8-10-23/h1-6,11,14,24H,7-10,12H2,(H,22,25). The van der Waals surface area contributed by atoms with E-state index in [2.05, 4.69) is 5.32 Å². The van der Waals surface area contributed by atoms with Crippen LogP contribution in [0.5, 0.6) is 0 Å². The highest BCUT2D eigenvalue weighted by molar-refractivity contribution is 5.94. The van der Waals surface area contributed by atoms with Crippen LogP contribution in [0.2, 0.25) is 0 Å². The molecule has 1 fully saturated rings. The van der Waals surface area contributed by atoms with Gasteiger partial charge in [0, 0.05) is 19.6 Å². The molecule has 0 unspecified atom stereocenters. The first-order valence-electron chi connectivity index (χ1n) is 8.29. The van der Waals surface area contributed by atoms with Crippen LogP contribution in [0.25, 0.3) is 0 Å². The lowest BCUT2D eigenvalue weighted by molar-refractivity contribution is 0.0947. The molecule has 4 nitrogen and oxygen atoms in total. The maximum Gasteiger partial charge on any atom is 0.254 e. The van der Waals surface area contributed by atoms with Crippen LogP contribution in [-0.4, -0.2) is 30.2 Å². The van der Waals surface area contributed by atoms with Crippen LogP contribution >= 0.6 is 0 Å². The first kappa shape index (κ1) is 17.4. The second-order valence-electron chi connectivity index (χ2n) is 6.17. The van der Waals surface area contributed by atoms with E-state index in [-0.39, 0.29) is 24.0 Å². The number of amides is 1. The molecule has 3 rings (SSSR count). The molecule has 0 aromatic heterocycles. The van der Waals surface area contributed by atoms with Crippen molar-refractivity contribution in [2.75, 3.05) is 18.0 Å². The summed E-state index contributed by atoms with van der Waals surface area (Å²) >= 11 is 0. The highest BCUT2D eigenvalue weighted by Gasteiger charge is 2.20.